The van der Waals surface area contributed by atoms with Crippen molar-refractivity contribution in [3.8, 4) is 0 Å². The van der Waals surface area contributed by atoms with E-state index in [0.717, 1.165) is 25.3 Å². The molecule has 2 heterocycles. The first-order chi connectivity index (χ1) is 8.42. The third kappa shape index (κ3) is 2.57. The average molecular weight is 232 g/mol. The molecule has 0 spiro atoms. The van der Waals surface area contributed by atoms with E-state index in [2.05, 4.69) is 26.9 Å². The summed E-state index contributed by atoms with van der Waals surface area (Å²) < 4.78 is 0. The fraction of sp³-hybridized carbons (Fsp3) is 0.692. The second kappa shape index (κ2) is 5.00. The van der Waals surface area contributed by atoms with Crippen molar-refractivity contribution < 1.29 is 0 Å². The van der Waals surface area contributed by atoms with Crippen LogP contribution in [0.4, 0.5) is 5.82 Å². The van der Waals surface area contributed by atoms with E-state index in [1.54, 1.807) is 0 Å². The summed E-state index contributed by atoms with van der Waals surface area (Å²) in [5.74, 6) is 0.970. The van der Waals surface area contributed by atoms with E-state index < -0.39 is 0 Å². The minimum atomic E-state index is 0.562. The Kier molecular flexibility index (Phi) is 3.22. The molecule has 0 radical (unpaired) electrons. The molecule has 4 heteroatoms. The van der Waals surface area contributed by atoms with E-state index in [1.165, 1.54) is 43.4 Å². The Morgan fingerprint density at radius 2 is 1.94 bits per heavy atom. The quantitative estimate of drug-likeness (QED) is 0.811. The Morgan fingerprint density at radius 3 is 2.82 bits per heavy atom. The van der Waals surface area contributed by atoms with Crippen LogP contribution >= 0.6 is 0 Å². The molecular weight excluding hydrogens is 212 g/mol. The van der Waals surface area contributed by atoms with Crippen LogP contribution in [0.2, 0.25) is 0 Å². The van der Waals surface area contributed by atoms with E-state index >= 15 is 0 Å². The third-order valence-electron chi connectivity index (χ3n) is 3.76. The van der Waals surface area contributed by atoms with Crippen LogP contribution in [-0.4, -0.2) is 29.3 Å². The van der Waals surface area contributed by atoms with E-state index in [9.17, 15) is 0 Å². The Labute approximate surface area is 102 Å². The molecule has 17 heavy (non-hydrogen) atoms. The number of nitrogens with one attached hydrogen (secondary N) is 2. The molecule has 1 fully saturated rings. The van der Waals surface area contributed by atoms with Crippen molar-refractivity contribution >= 4 is 5.82 Å². The number of rotatable bonds is 2. The molecule has 92 valence electrons. The molecule has 4 nitrogen and oxygen atoms in total. The van der Waals surface area contributed by atoms with Crippen LogP contribution in [0.15, 0.2) is 6.07 Å². The number of hydrogen-bond acceptors (Lipinski definition) is 4. The van der Waals surface area contributed by atoms with Crippen LogP contribution in [-0.2, 0) is 12.8 Å². The van der Waals surface area contributed by atoms with Gasteiger partial charge in [-0.05, 0) is 63.2 Å². The minimum absolute atomic E-state index is 0.562. The zero-order valence-corrected chi connectivity index (χ0v) is 10.2. The summed E-state index contributed by atoms with van der Waals surface area (Å²) in [6, 6.07) is 2.77. The smallest absolute Gasteiger partial charge is 0.149 e. The maximum absolute atomic E-state index is 4.36. The SMILES string of the molecule is c1c(NC2CCNCC2)nnc2c1CCCC2. The summed E-state index contributed by atoms with van der Waals surface area (Å²) in [7, 11) is 0. The second-order valence-corrected chi connectivity index (χ2v) is 5.08. The van der Waals surface area contributed by atoms with Gasteiger partial charge in [-0.1, -0.05) is 0 Å². The molecule has 1 aromatic heterocycles. The normalized spacial score (nSPS) is 20.9. The second-order valence-electron chi connectivity index (χ2n) is 5.08. The highest BCUT2D eigenvalue weighted by Crippen LogP contribution is 2.21. The Bertz CT molecular complexity index is 385. The number of fused-ring (bicyclic) bond motifs is 1. The molecule has 1 aliphatic carbocycles. The Morgan fingerprint density at radius 1 is 1.12 bits per heavy atom. The number of piperidine rings is 1. The molecular formula is C13H20N4. The number of nitrogens with zero attached hydrogens (tertiary/aromatic N) is 2. The third-order valence-corrected chi connectivity index (χ3v) is 3.76. The fourth-order valence-corrected chi connectivity index (χ4v) is 2.74. The van der Waals surface area contributed by atoms with Crippen molar-refractivity contribution in [3.63, 3.8) is 0 Å². The van der Waals surface area contributed by atoms with Gasteiger partial charge in [-0.15, -0.1) is 5.10 Å². The first-order valence-corrected chi connectivity index (χ1v) is 6.74. The number of anilines is 1. The van der Waals surface area contributed by atoms with Gasteiger partial charge < -0.3 is 10.6 Å². The van der Waals surface area contributed by atoms with Gasteiger partial charge in [0.1, 0.15) is 5.82 Å². The van der Waals surface area contributed by atoms with Gasteiger partial charge in [0, 0.05) is 6.04 Å². The van der Waals surface area contributed by atoms with E-state index in [4.69, 9.17) is 0 Å². The summed E-state index contributed by atoms with van der Waals surface area (Å²) in [5, 5.41) is 15.6. The minimum Gasteiger partial charge on any atom is -0.366 e. The molecule has 2 N–H and O–H groups in total. The van der Waals surface area contributed by atoms with Crippen molar-refractivity contribution in [2.75, 3.05) is 18.4 Å². The number of aryl methyl sites for hydroxylation is 2. The predicted octanol–water partition coefficient (Wildman–Crippen LogP) is 1.52. The van der Waals surface area contributed by atoms with Gasteiger partial charge in [0.25, 0.3) is 0 Å². The van der Waals surface area contributed by atoms with Crippen molar-refractivity contribution in [1.29, 1.82) is 0 Å². The highest BCUT2D eigenvalue weighted by atomic mass is 15.2. The van der Waals surface area contributed by atoms with Gasteiger partial charge in [-0.2, -0.15) is 5.10 Å². The first kappa shape index (κ1) is 11.0. The highest BCUT2D eigenvalue weighted by Gasteiger charge is 2.15. The monoisotopic (exact) mass is 232 g/mol. The molecule has 0 amide bonds. The first-order valence-electron chi connectivity index (χ1n) is 6.74. The van der Waals surface area contributed by atoms with E-state index in [-0.39, 0.29) is 0 Å². The zero-order valence-electron chi connectivity index (χ0n) is 10.2. The molecule has 0 atom stereocenters. The molecule has 0 saturated carbocycles. The van der Waals surface area contributed by atoms with Gasteiger partial charge in [0.15, 0.2) is 0 Å². The number of hydrogen-bond donors (Lipinski definition) is 2. The van der Waals surface area contributed by atoms with Crippen LogP contribution in [0.5, 0.6) is 0 Å². The van der Waals surface area contributed by atoms with Crippen molar-refractivity contribution in [2.24, 2.45) is 0 Å². The molecule has 3 rings (SSSR count). The van der Waals surface area contributed by atoms with Crippen molar-refractivity contribution in [1.82, 2.24) is 15.5 Å². The Hall–Kier alpha value is -1.16. The molecule has 0 unspecified atom stereocenters. The van der Waals surface area contributed by atoms with Crippen LogP contribution in [0, 0.1) is 0 Å². The fourth-order valence-electron chi connectivity index (χ4n) is 2.74. The van der Waals surface area contributed by atoms with Crippen molar-refractivity contribution in [2.45, 2.75) is 44.6 Å². The van der Waals surface area contributed by atoms with E-state index in [1.807, 2.05) is 0 Å². The van der Waals surface area contributed by atoms with Crippen LogP contribution in [0.1, 0.15) is 36.9 Å². The summed E-state index contributed by atoms with van der Waals surface area (Å²) in [5.41, 5.74) is 2.62. The Balaban J connectivity index is 1.70. The lowest BCUT2D eigenvalue weighted by atomic mass is 9.97. The largest absolute Gasteiger partial charge is 0.366 e. The topological polar surface area (TPSA) is 49.8 Å². The molecule has 1 aliphatic heterocycles. The molecule has 0 bridgehead atoms. The van der Waals surface area contributed by atoms with Gasteiger partial charge >= 0.3 is 0 Å². The summed E-state index contributed by atoms with van der Waals surface area (Å²) in [6.07, 6.45) is 7.20. The lowest BCUT2D eigenvalue weighted by Gasteiger charge is -2.24. The van der Waals surface area contributed by atoms with Gasteiger partial charge in [-0.25, -0.2) is 0 Å². The molecule has 0 aromatic carbocycles. The lowest BCUT2D eigenvalue weighted by Crippen LogP contribution is -2.35. The summed E-state index contributed by atoms with van der Waals surface area (Å²) in [6.45, 7) is 2.21. The van der Waals surface area contributed by atoms with Gasteiger partial charge in [0.05, 0.1) is 5.69 Å². The van der Waals surface area contributed by atoms with Crippen molar-refractivity contribution in [3.05, 3.63) is 17.3 Å². The zero-order chi connectivity index (χ0) is 11.5. The van der Waals surface area contributed by atoms with Crippen LogP contribution in [0.3, 0.4) is 0 Å². The maximum Gasteiger partial charge on any atom is 0.149 e. The maximum atomic E-state index is 4.36. The average Bonchev–Trinajstić information content (AvgIpc) is 2.40. The van der Waals surface area contributed by atoms with Gasteiger partial charge in [0.2, 0.25) is 0 Å². The summed E-state index contributed by atoms with van der Waals surface area (Å²) in [4.78, 5) is 0. The van der Waals surface area contributed by atoms with Crippen LogP contribution < -0.4 is 10.6 Å². The van der Waals surface area contributed by atoms with Crippen LogP contribution in [0.25, 0.3) is 0 Å². The predicted molar refractivity (Wildman–Crippen MR) is 68.2 cm³/mol. The van der Waals surface area contributed by atoms with Gasteiger partial charge in [-0.3, -0.25) is 0 Å². The molecule has 1 saturated heterocycles. The highest BCUT2D eigenvalue weighted by molar-refractivity contribution is 5.40. The van der Waals surface area contributed by atoms with E-state index in [0.29, 0.717) is 6.04 Å². The molecule has 1 aromatic rings. The molecule has 2 aliphatic rings. The summed E-state index contributed by atoms with van der Waals surface area (Å²) >= 11 is 0. The standard InChI is InChI=1S/C13H20N4/c1-2-4-12-10(3-1)9-13(17-16-12)15-11-5-7-14-8-6-11/h9,11,14H,1-8H2,(H,15,17). The number of aromatic nitrogens is 2. The lowest BCUT2D eigenvalue weighted by molar-refractivity contribution is 0.477.